The molecule has 5 nitrogen and oxygen atoms in total. The molecule has 1 aliphatic heterocycles. The molecule has 0 radical (unpaired) electrons. The molecule has 134 valence electrons. The van der Waals surface area contributed by atoms with E-state index in [1.807, 2.05) is 51.1 Å². The second-order valence-corrected chi connectivity index (χ2v) is 8.99. The minimum Gasteiger partial charge on any atom is -0.469 e. The lowest BCUT2D eigenvalue weighted by Gasteiger charge is -2.37. The zero-order valence-corrected chi connectivity index (χ0v) is 16.1. The zero-order valence-electron chi connectivity index (χ0n) is 15.2. The summed E-state index contributed by atoms with van der Waals surface area (Å²) in [7, 11) is -0.626. The van der Waals surface area contributed by atoms with Crippen LogP contribution in [0.4, 0.5) is 0 Å². The van der Waals surface area contributed by atoms with Gasteiger partial charge in [-0.25, -0.2) is 0 Å². The Kier molecular flexibility index (Phi) is 5.92. The second-order valence-electron chi connectivity index (χ2n) is 6.78. The topological polar surface area (TPSA) is 54.0 Å². The summed E-state index contributed by atoms with van der Waals surface area (Å²) in [5.41, 5.74) is 0.697. The third-order valence-corrected chi connectivity index (χ3v) is 6.07. The molecule has 0 bridgehead atoms. The summed E-state index contributed by atoms with van der Waals surface area (Å²) in [6, 6.07) is 9.89. The van der Waals surface area contributed by atoms with E-state index >= 15 is 0 Å². The van der Waals surface area contributed by atoms with Crippen molar-refractivity contribution in [3.63, 3.8) is 0 Å². The normalized spacial score (nSPS) is 22.4. The van der Waals surface area contributed by atoms with Crippen LogP contribution in [0.2, 0.25) is 0 Å². The molecule has 0 saturated carbocycles. The van der Waals surface area contributed by atoms with Gasteiger partial charge in [0.15, 0.2) is 0 Å². The van der Waals surface area contributed by atoms with Crippen LogP contribution in [-0.4, -0.2) is 26.1 Å². The third kappa shape index (κ3) is 4.28. The molecule has 0 spiro atoms. The van der Waals surface area contributed by atoms with Gasteiger partial charge in [0.2, 0.25) is 6.29 Å². The van der Waals surface area contributed by atoms with Gasteiger partial charge >= 0.3 is 7.60 Å². The molecule has 0 aliphatic carbocycles. The highest BCUT2D eigenvalue weighted by Gasteiger charge is 2.42. The van der Waals surface area contributed by atoms with E-state index in [0.29, 0.717) is 17.5 Å². The molecule has 2 atom stereocenters. The van der Waals surface area contributed by atoms with Crippen LogP contribution in [0.25, 0.3) is 0 Å². The molecular formula is C18H27O5P. The summed E-state index contributed by atoms with van der Waals surface area (Å²) < 4.78 is 35.5. The lowest BCUT2D eigenvalue weighted by atomic mass is 9.92. The standard InChI is InChI=1S/C18H27O5P/c1-13-17(24(19,20-5)21-6)15(14-10-8-7-9-11-14)12-16(22-13)23-18(2,3)4/h7-11,15-16H,12H2,1-6H3. The van der Waals surface area contributed by atoms with Gasteiger partial charge in [-0.2, -0.15) is 0 Å². The highest BCUT2D eigenvalue weighted by atomic mass is 31.2. The first-order chi connectivity index (χ1) is 11.2. The smallest absolute Gasteiger partial charge is 0.360 e. The van der Waals surface area contributed by atoms with Gasteiger partial charge in [-0.05, 0) is 33.3 Å². The number of benzene rings is 1. The van der Waals surface area contributed by atoms with Crippen LogP contribution in [0.15, 0.2) is 41.4 Å². The van der Waals surface area contributed by atoms with Crippen molar-refractivity contribution >= 4 is 7.60 Å². The molecule has 1 aromatic rings. The minimum absolute atomic E-state index is 0.155. The predicted octanol–water partition coefficient (Wildman–Crippen LogP) is 5.05. The molecule has 0 fully saturated rings. The van der Waals surface area contributed by atoms with Crippen molar-refractivity contribution in [3.8, 4) is 0 Å². The maximum Gasteiger partial charge on any atom is 0.360 e. The Balaban J connectivity index is 2.48. The average molecular weight is 354 g/mol. The first-order valence-electron chi connectivity index (χ1n) is 8.02. The molecule has 0 saturated heterocycles. The zero-order chi connectivity index (χ0) is 18.0. The van der Waals surface area contributed by atoms with Crippen molar-refractivity contribution in [1.29, 1.82) is 0 Å². The Hall–Kier alpha value is -1.13. The minimum atomic E-state index is -3.41. The van der Waals surface area contributed by atoms with E-state index < -0.39 is 13.9 Å². The van der Waals surface area contributed by atoms with Gasteiger partial charge in [0.05, 0.1) is 10.9 Å². The number of hydrogen-bond acceptors (Lipinski definition) is 5. The SMILES string of the molecule is COP(=O)(OC)C1=C(C)OC(OC(C)(C)C)CC1c1ccccc1. The molecule has 2 rings (SSSR count). The Morgan fingerprint density at radius 1 is 1.12 bits per heavy atom. The Morgan fingerprint density at radius 2 is 1.71 bits per heavy atom. The lowest BCUT2D eigenvalue weighted by Crippen LogP contribution is -2.33. The second kappa shape index (κ2) is 7.40. The number of hydrogen-bond donors (Lipinski definition) is 0. The van der Waals surface area contributed by atoms with E-state index in [1.54, 1.807) is 6.92 Å². The van der Waals surface area contributed by atoms with E-state index in [4.69, 9.17) is 18.5 Å². The van der Waals surface area contributed by atoms with Crippen molar-refractivity contribution in [2.45, 2.75) is 51.9 Å². The van der Waals surface area contributed by atoms with Crippen LogP contribution >= 0.6 is 7.60 Å². The van der Waals surface area contributed by atoms with Crippen LogP contribution < -0.4 is 0 Å². The van der Waals surface area contributed by atoms with Crippen molar-refractivity contribution in [2.24, 2.45) is 0 Å². The van der Waals surface area contributed by atoms with E-state index in [1.165, 1.54) is 14.2 Å². The molecule has 1 heterocycles. The van der Waals surface area contributed by atoms with Crippen LogP contribution in [0.3, 0.4) is 0 Å². The molecule has 24 heavy (non-hydrogen) atoms. The third-order valence-electron chi connectivity index (χ3n) is 3.89. The number of rotatable bonds is 5. The summed E-state index contributed by atoms with van der Waals surface area (Å²) in [5, 5.41) is 0.562. The lowest BCUT2D eigenvalue weighted by molar-refractivity contribution is -0.185. The highest BCUT2D eigenvalue weighted by molar-refractivity contribution is 7.58. The van der Waals surface area contributed by atoms with E-state index in [2.05, 4.69) is 0 Å². The molecule has 0 N–H and O–H groups in total. The summed E-state index contributed by atoms with van der Waals surface area (Å²) in [6.07, 6.45) is 0.131. The number of allylic oxidation sites excluding steroid dienone is 2. The Bertz CT molecular complexity index is 625. The Labute approximate surface area is 144 Å². The molecule has 1 aromatic carbocycles. The van der Waals surface area contributed by atoms with Crippen molar-refractivity contribution in [3.05, 3.63) is 47.0 Å². The maximum atomic E-state index is 13.1. The molecule has 1 aliphatic rings. The van der Waals surface area contributed by atoms with Gasteiger partial charge in [0.1, 0.15) is 5.76 Å². The maximum absolute atomic E-state index is 13.1. The molecule has 6 heteroatoms. The summed E-state index contributed by atoms with van der Waals surface area (Å²) in [5.74, 6) is 0.384. The largest absolute Gasteiger partial charge is 0.469 e. The quantitative estimate of drug-likeness (QED) is 0.693. The summed E-state index contributed by atoms with van der Waals surface area (Å²) in [6.45, 7) is 7.74. The van der Waals surface area contributed by atoms with Crippen LogP contribution in [0.1, 0.15) is 45.6 Å². The first kappa shape index (κ1) is 19.2. The van der Waals surface area contributed by atoms with Gasteiger partial charge in [-0.3, -0.25) is 4.57 Å². The first-order valence-corrected chi connectivity index (χ1v) is 9.56. The van der Waals surface area contributed by atoms with Crippen molar-refractivity contribution in [2.75, 3.05) is 14.2 Å². The van der Waals surface area contributed by atoms with Crippen molar-refractivity contribution in [1.82, 2.24) is 0 Å². The summed E-state index contributed by atoms with van der Waals surface area (Å²) >= 11 is 0. The molecule has 0 amide bonds. The highest BCUT2D eigenvalue weighted by Crippen LogP contribution is 2.63. The van der Waals surface area contributed by atoms with Gasteiger partial charge < -0.3 is 18.5 Å². The van der Waals surface area contributed by atoms with Gasteiger partial charge in [-0.15, -0.1) is 0 Å². The Morgan fingerprint density at radius 3 is 2.21 bits per heavy atom. The fourth-order valence-corrected chi connectivity index (χ4v) is 4.57. The van der Waals surface area contributed by atoms with Crippen LogP contribution in [0.5, 0.6) is 0 Å². The van der Waals surface area contributed by atoms with E-state index in [9.17, 15) is 4.57 Å². The fraction of sp³-hybridized carbons (Fsp3) is 0.556. The fourth-order valence-electron chi connectivity index (χ4n) is 2.96. The van der Waals surface area contributed by atoms with E-state index in [0.717, 1.165) is 5.56 Å². The van der Waals surface area contributed by atoms with Crippen molar-refractivity contribution < 1.29 is 23.1 Å². The number of ether oxygens (including phenoxy) is 2. The van der Waals surface area contributed by atoms with Crippen LogP contribution in [-0.2, 0) is 23.1 Å². The van der Waals surface area contributed by atoms with Crippen LogP contribution in [0, 0.1) is 0 Å². The van der Waals surface area contributed by atoms with E-state index in [-0.39, 0.29) is 11.5 Å². The van der Waals surface area contributed by atoms with Gasteiger partial charge in [0.25, 0.3) is 0 Å². The summed E-state index contributed by atoms with van der Waals surface area (Å²) in [4.78, 5) is 0. The average Bonchev–Trinajstić information content (AvgIpc) is 2.53. The van der Waals surface area contributed by atoms with Gasteiger partial charge in [0, 0.05) is 26.6 Å². The monoisotopic (exact) mass is 354 g/mol. The molecule has 2 unspecified atom stereocenters. The molecular weight excluding hydrogens is 327 g/mol. The predicted molar refractivity (Wildman–Crippen MR) is 93.8 cm³/mol. The molecule has 0 aromatic heterocycles. The van der Waals surface area contributed by atoms with Gasteiger partial charge in [-0.1, -0.05) is 30.3 Å².